The van der Waals surface area contributed by atoms with E-state index in [-0.39, 0.29) is 53.7 Å². The number of nitrogens with zero attached hydrogens (tertiary/aromatic N) is 4. The highest BCUT2D eigenvalue weighted by Gasteiger charge is 2.61. The summed E-state index contributed by atoms with van der Waals surface area (Å²) in [6.45, 7) is 9.78. The summed E-state index contributed by atoms with van der Waals surface area (Å²) in [5.41, 5.74) is 4.10. The molecule has 0 spiro atoms. The summed E-state index contributed by atoms with van der Waals surface area (Å²) in [6.07, 6.45) is 4.83. The van der Waals surface area contributed by atoms with Gasteiger partial charge in [0.1, 0.15) is 29.5 Å². The number of H-pyrrole nitrogens is 2. The Morgan fingerprint density at radius 2 is 1.50 bits per heavy atom. The average molecular weight is 847 g/mol. The lowest BCUT2D eigenvalue weighted by atomic mass is 9.87. The van der Waals surface area contributed by atoms with Crippen LogP contribution in [0.15, 0.2) is 54.7 Å². The number of benzene rings is 3. The Morgan fingerprint density at radius 3 is 2.18 bits per heavy atom. The molecule has 4 N–H and O–H groups in total. The predicted octanol–water partition coefficient (Wildman–Crippen LogP) is 8.02. The van der Waals surface area contributed by atoms with Crippen molar-refractivity contribution < 1.29 is 33.0 Å². The summed E-state index contributed by atoms with van der Waals surface area (Å²) in [4.78, 5) is 73.1. The van der Waals surface area contributed by atoms with Crippen molar-refractivity contribution in [2.24, 2.45) is 29.6 Å². The van der Waals surface area contributed by atoms with Crippen LogP contribution < -0.4 is 10.6 Å². The molecule has 4 aliphatic rings. The Kier molecular flexibility index (Phi) is 10.7. The monoisotopic (exact) mass is 846 g/mol. The van der Waals surface area contributed by atoms with Gasteiger partial charge < -0.3 is 39.9 Å². The molecule has 326 valence electrons. The van der Waals surface area contributed by atoms with Gasteiger partial charge in [0, 0.05) is 23.0 Å². The molecule has 14 nitrogen and oxygen atoms in total. The first-order chi connectivity index (χ1) is 29.8. The second-order valence-electron chi connectivity index (χ2n) is 18.4. The van der Waals surface area contributed by atoms with E-state index in [1.54, 1.807) is 12.3 Å². The molecule has 15 heteroatoms. The zero-order chi connectivity index (χ0) is 43.7. The highest BCUT2D eigenvalue weighted by Crippen LogP contribution is 2.58. The predicted molar refractivity (Wildman–Crippen MR) is 231 cm³/mol. The van der Waals surface area contributed by atoms with Gasteiger partial charge in [-0.3, -0.25) is 9.59 Å². The summed E-state index contributed by atoms with van der Waals surface area (Å²) in [5.74, 6) is 1.29. The Bertz CT molecular complexity index is 2570. The van der Waals surface area contributed by atoms with Crippen molar-refractivity contribution in [1.82, 2.24) is 40.4 Å². The highest BCUT2D eigenvalue weighted by molar-refractivity contribution is 6.05. The van der Waals surface area contributed by atoms with Crippen molar-refractivity contribution in [3.63, 3.8) is 0 Å². The number of alkyl carbamates (subject to hydrolysis) is 2. The van der Waals surface area contributed by atoms with Crippen molar-refractivity contribution in [2.45, 2.75) is 103 Å². The van der Waals surface area contributed by atoms with E-state index in [0.29, 0.717) is 34.5 Å². The molecule has 2 aliphatic heterocycles. The number of methoxy groups -OCH3 is 2. The lowest BCUT2D eigenvalue weighted by Gasteiger charge is -2.33. The van der Waals surface area contributed by atoms with Gasteiger partial charge in [0.05, 0.1) is 49.2 Å². The number of imidazole rings is 2. The smallest absolute Gasteiger partial charge is 0.407 e. The second kappa shape index (κ2) is 16.0. The summed E-state index contributed by atoms with van der Waals surface area (Å²) in [6, 6.07) is 13.3. The zero-order valence-electron chi connectivity index (χ0n) is 36.2. The SMILES string of the molecule is COC(=O)NC(C(=O)N1C2CCCC(C2)C1c1ncc(-c2ccc(-c3ccc4c(ccc5[nH]c(C6CC7C(C)C7N6C(=O)C(NC(=O)OC)C(C)C)nc54)c3)cc2F)[nH]1)C(C)C. The standard InChI is InChI=1S/C47H55FN8O6/c1-22(2)37(53-46(59)61-6)44(57)55-29-10-8-9-28(18-29)41(55)43-49-21-35(51-43)31-15-12-26(19-33(31)48)25-11-14-30-27(17-25)13-16-34-39(30)52-42(50-34)36-20-32-24(5)40(32)56(36)45(58)38(23(3)4)54-47(60)62-7/h11-17,19,21-24,28-29,32,36-38,40-41H,8-10,18,20H2,1-7H3,(H,49,51)(H,50,52)(H,53,59)(H,54,60). The van der Waals surface area contributed by atoms with Crippen LogP contribution in [0, 0.1) is 35.4 Å². The molecule has 4 amide bonds. The lowest BCUT2D eigenvalue weighted by molar-refractivity contribution is -0.138. The molecular weight excluding hydrogens is 792 g/mol. The molecule has 3 aromatic carbocycles. The largest absolute Gasteiger partial charge is 0.453 e. The van der Waals surface area contributed by atoms with Gasteiger partial charge in [-0.2, -0.15) is 0 Å². The second-order valence-corrected chi connectivity index (χ2v) is 18.4. The number of likely N-dealkylation sites (tertiary alicyclic amines) is 2. The minimum Gasteiger partial charge on any atom is -0.453 e. The summed E-state index contributed by atoms with van der Waals surface area (Å²) >= 11 is 0. The van der Waals surface area contributed by atoms with E-state index < -0.39 is 30.1 Å². The summed E-state index contributed by atoms with van der Waals surface area (Å²) in [5, 5.41) is 7.36. The number of amides is 4. The summed E-state index contributed by atoms with van der Waals surface area (Å²) in [7, 11) is 2.58. The van der Waals surface area contributed by atoms with Crippen molar-refractivity contribution in [3.05, 3.63) is 72.2 Å². The van der Waals surface area contributed by atoms with E-state index in [1.165, 1.54) is 20.3 Å². The van der Waals surface area contributed by atoms with Gasteiger partial charge in [0.25, 0.3) is 0 Å². The van der Waals surface area contributed by atoms with Crippen LogP contribution in [0.4, 0.5) is 14.0 Å². The molecule has 2 aliphatic carbocycles. The molecule has 0 radical (unpaired) electrons. The average Bonchev–Trinajstić information content (AvgIpc) is 3.81. The maximum Gasteiger partial charge on any atom is 0.407 e. The molecule has 2 saturated carbocycles. The van der Waals surface area contributed by atoms with E-state index in [1.807, 2.05) is 73.9 Å². The molecule has 5 aromatic rings. The van der Waals surface area contributed by atoms with E-state index in [0.717, 1.165) is 65.3 Å². The van der Waals surface area contributed by atoms with Gasteiger partial charge in [-0.15, -0.1) is 0 Å². The molecule has 2 bridgehead atoms. The highest BCUT2D eigenvalue weighted by atomic mass is 19.1. The fourth-order valence-corrected chi connectivity index (χ4v) is 10.7. The topological polar surface area (TPSA) is 175 Å². The van der Waals surface area contributed by atoms with Gasteiger partial charge in [-0.1, -0.05) is 65.3 Å². The number of carbonyl (C=O) groups excluding carboxylic acids is 4. The number of halogens is 1. The van der Waals surface area contributed by atoms with Crippen LogP contribution in [0.25, 0.3) is 44.2 Å². The van der Waals surface area contributed by atoms with Crippen molar-refractivity contribution >= 4 is 45.8 Å². The number of carbonyl (C=O) groups is 4. The van der Waals surface area contributed by atoms with Crippen LogP contribution in [0.5, 0.6) is 0 Å². The van der Waals surface area contributed by atoms with E-state index >= 15 is 4.39 Å². The molecule has 9 atom stereocenters. The molecule has 4 fully saturated rings. The maximum atomic E-state index is 16.1. The molecule has 9 unspecified atom stereocenters. The fourth-order valence-electron chi connectivity index (χ4n) is 10.7. The normalized spacial score (nSPS) is 25.0. The van der Waals surface area contributed by atoms with Gasteiger partial charge in [0.2, 0.25) is 11.8 Å². The van der Waals surface area contributed by atoms with E-state index in [4.69, 9.17) is 19.4 Å². The number of nitrogens with one attached hydrogen (secondary N) is 4. The van der Waals surface area contributed by atoms with Gasteiger partial charge in [-0.05, 0) is 96.1 Å². The zero-order valence-corrected chi connectivity index (χ0v) is 36.2. The molecular formula is C47H55FN8O6. The molecule has 62 heavy (non-hydrogen) atoms. The maximum absolute atomic E-state index is 16.1. The first-order valence-corrected chi connectivity index (χ1v) is 21.9. The van der Waals surface area contributed by atoms with Crippen LogP contribution in [0.3, 0.4) is 0 Å². The summed E-state index contributed by atoms with van der Waals surface area (Å²) < 4.78 is 25.8. The van der Waals surface area contributed by atoms with Crippen LogP contribution >= 0.6 is 0 Å². The minimum absolute atomic E-state index is 0.0354. The fraction of sp³-hybridized carbons (Fsp3) is 0.489. The number of aromatic nitrogens is 4. The van der Waals surface area contributed by atoms with Crippen LogP contribution in [0.2, 0.25) is 0 Å². The van der Waals surface area contributed by atoms with Gasteiger partial charge in [-0.25, -0.2) is 23.9 Å². The third kappa shape index (κ3) is 7.12. The Morgan fingerprint density at radius 1 is 0.823 bits per heavy atom. The van der Waals surface area contributed by atoms with Crippen LogP contribution in [0.1, 0.15) is 90.5 Å². The number of fused-ring (bicyclic) bond motifs is 6. The van der Waals surface area contributed by atoms with Crippen molar-refractivity contribution in [2.75, 3.05) is 14.2 Å². The number of rotatable bonds is 10. The van der Waals surface area contributed by atoms with Crippen LogP contribution in [-0.2, 0) is 19.1 Å². The van der Waals surface area contributed by atoms with Gasteiger partial charge >= 0.3 is 12.2 Å². The number of piperidine rings is 1. The first kappa shape index (κ1) is 41.4. The third-order valence-electron chi connectivity index (χ3n) is 14.1. The van der Waals surface area contributed by atoms with Crippen molar-refractivity contribution in [1.29, 1.82) is 0 Å². The Labute approximate surface area is 359 Å². The molecule has 9 rings (SSSR count). The third-order valence-corrected chi connectivity index (χ3v) is 14.1. The van der Waals surface area contributed by atoms with E-state index in [2.05, 4.69) is 27.5 Å². The number of ether oxygens (including phenoxy) is 2. The lowest BCUT2D eigenvalue weighted by Crippen LogP contribution is -2.53. The van der Waals surface area contributed by atoms with Crippen molar-refractivity contribution in [3.8, 4) is 22.4 Å². The molecule has 4 heterocycles. The Balaban J connectivity index is 0.959. The quantitative estimate of drug-likeness (QED) is 0.109. The first-order valence-electron chi connectivity index (χ1n) is 21.9. The number of hydrogen-bond donors (Lipinski definition) is 4. The van der Waals surface area contributed by atoms with Crippen LogP contribution in [-0.4, -0.2) is 92.1 Å². The molecule has 2 aromatic heterocycles. The number of hydrogen-bond acceptors (Lipinski definition) is 8. The molecule has 2 saturated heterocycles. The van der Waals surface area contributed by atoms with E-state index in [9.17, 15) is 19.2 Å². The Hall–Kier alpha value is -5.99. The number of aromatic amines is 2. The van der Waals surface area contributed by atoms with Gasteiger partial charge in [0.15, 0.2) is 0 Å². The minimum atomic E-state index is -0.752.